The van der Waals surface area contributed by atoms with Crippen molar-refractivity contribution in [2.45, 2.75) is 25.7 Å². The van der Waals surface area contributed by atoms with E-state index in [1.54, 1.807) is 4.90 Å². The van der Waals surface area contributed by atoms with Crippen LogP contribution in [-0.2, 0) is 19.6 Å². The van der Waals surface area contributed by atoms with Crippen LogP contribution in [0.1, 0.15) is 25.7 Å². The zero-order chi connectivity index (χ0) is 14.8. The van der Waals surface area contributed by atoms with Crippen LogP contribution in [0.5, 0.6) is 0 Å². The van der Waals surface area contributed by atoms with Gasteiger partial charge in [0.1, 0.15) is 0 Å². The minimum Gasteiger partial charge on any atom is -0.343 e. The molecule has 114 valence electrons. The lowest BCUT2D eigenvalue weighted by Gasteiger charge is -2.20. The predicted octanol–water partition coefficient (Wildman–Crippen LogP) is -0.864. The highest BCUT2D eigenvalue weighted by Crippen LogP contribution is 2.19. The number of hydrogen-bond donors (Lipinski definition) is 1. The molecule has 2 aliphatic heterocycles. The van der Waals surface area contributed by atoms with Crippen LogP contribution in [0.25, 0.3) is 0 Å². The van der Waals surface area contributed by atoms with Crippen molar-refractivity contribution in [1.82, 2.24) is 9.80 Å². The van der Waals surface area contributed by atoms with E-state index in [2.05, 4.69) is 0 Å². The molecular weight excluding hydrogens is 282 g/mol. The molecule has 1 atom stereocenters. The summed E-state index contributed by atoms with van der Waals surface area (Å²) in [4.78, 5) is 26.7. The summed E-state index contributed by atoms with van der Waals surface area (Å²) in [5.74, 6) is -0.179. The normalized spacial score (nSPS) is 23.9. The first-order valence-electron chi connectivity index (χ1n) is 6.91. The monoisotopic (exact) mass is 303 g/mol. The SMILES string of the molecule is NS(=O)(=O)CC1CC(=O)N(CCCN2CCCC2=O)C1. The summed E-state index contributed by atoms with van der Waals surface area (Å²) in [7, 11) is -3.53. The van der Waals surface area contributed by atoms with Crippen molar-refractivity contribution >= 4 is 21.8 Å². The van der Waals surface area contributed by atoms with E-state index in [4.69, 9.17) is 5.14 Å². The number of carbonyl (C=O) groups excluding carboxylic acids is 2. The Morgan fingerprint density at radius 1 is 1.15 bits per heavy atom. The second kappa shape index (κ2) is 6.09. The molecule has 2 fully saturated rings. The van der Waals surface area contributed by atoms with Crippen molar-refractivity contribution in [1.29, 1.82) is 0 Å². The van der Waals surface area contributed by atoms with Crippen LogP contribution in [-0.4, -0.2) is 62.0 Å². The van der Waals surface area contributed by atoms with Crippen LogP contribution in [0.4, 0.5) is 0 Å². The van der Waals surface area contributed by atoms with Gasteiger partial charge in [-0.3, -0.25) is 9.59 Å². The standard InChI is InChI=1S/C12H21N3O4S/c13-20(18,19)9-10-7-12(17)15(8-10)6-2-5-14-4-1-3-11(14)16/h10H,1-9H2,(H2,13,18,19). The van der Waals surface area contributed by atoms with Crippen LogP contribution in [0.2, 0.25) is 0 Å². The molecule has 2 saturated heterocycles. The second-order valence-corrected chi connectivity index (χ2v) is 7.24. The van der Waals surface area contributed by atoms with E-state index in [0.717, 1.165) is 19.4 Å². The van der Waals surface area contributed by atoms with Gasteiger partial charge in [0.15, 0.2) is 0 Å². The molecule has 20 heavy (non-hydrogen) atoms. The Kier molecular flexibility index (Phi) is 4.64. The van der Waals surface area contributed by atoms with Gasteiger partial charge in [0.2, 0.25) is 21.8 Å². The highest BCUT2D eigenvalue weighted by molar-refractivity contribution is 7.89. The van der Waals surface area contributed by atoms with Gasteiger partial charge in [0.25, 0.3) is 0 Å². The molecule has 2 heterocycles. The van der Waals surface area contributed by atoms with E-state index in [1.165, 1.54) is 0 Å². The van der Waals surface area contributed by atoms with Crippen LogP contribution < -0.4 is 5.14 Å². The first-order valence-corrected chi connectivity index (χ1v) is 8.63. The summed E-state index contributed by atoms with van der Waals surface area (Å²) in [5, 5.41) is 5.00. The fourth-order valence-corrected chi connectivity index (χ4v) is 3.78. The van der Waals surface area contributed by atoms with Gasteiger partial charge in [-0.15, -0.1) is 0 Å². The predicted molar refractivity (Wildman–Crippen MR) is 73.1 cm³/mol. The Morgan fingerprint density at radius 3 is 2.45 bits per heavy atom. The van der Waals surface area contributed by atoms with Crippen LogP contribution >= 0.6 is 0 Å². The summed E-state index contributed by atoms with van der Waals surface area (Å²) < 4.78 is 22.1. The molecule has 2 N–H and O–H groups in total. The van der Waals surface area contributed by atoms with Gasteiger partial charge in [-0.1, -0.05) is 0 Å². The average molecular weight is 303 g/mol. The largest absolute Gasteiger partial charge is 0.343 e. The highest BCUT2D eigenvalue weighted by Gasteiger charge is 2.31. The van der Waals surface area contributed by atoms with E-state index in [0.29, 0.717) is 26.1 Å². The van der Waals surface area contributed by atoms with Crippen LogP contribution in [0.15, 0.2) is 0 Å². The number of carbonyl (C=O) groups is 2. The van der Waals surface area contributed by atoms with Crippen molar-refractivity contribution in [2.75, 3.05) is 31.9 Å². The van der Waals surface area contributed by atoms with Crippen molar-refractivity contribution in [3.63, 3.8) is 0 Å². The van der Waals surface area contributed by atoms with Gasteiger partial charge < -0.3 is 9.80 Å². The molecule has 0 radical (unpaired) electrons. The second-order valence-electron chi connectivity index (χ2n) is 5.58. The molecule has 2 amide bonds. The molecule has 0 bridgehead atoms. The molecule has 1 unspecified atom stereocenters. The first-order chi connectivity index (χ1) is 9.35. The summed E-state index contributed by atoms with van der Waals surface area (Å²) in [5.41, 5.74) is 0. The number of sulfonamides is 1. The molecule has 0 aromatic carbocycles. The van der Waals surface area contributed by atoms with Gasteiger partial charge in [-0.05, 0) is 12.8 Å². The van der Waals surface area contributed by atoms with Crippen molar-refractivity contribution in [2.24, 2.45) is 11.1 Å². The zero-order valence-corrected chi connectivity index (χ0v) is 12.3. The maximum Gasteiger partial charge on any atom is 0.222 e. The van der Waals surface area contributed by atoms with Crippen LogP contribution in [0, 0.1) is 5.92 Å². The lowest BCUT2D eigenvalue weighted by atomic mass is 10.1. The van der Waals surface area contributed by atoms with E-state index in [1.807, 2.05) is 4.90 Å². The molecular formula is C12H21N3O4S. The Hall–Kier alpha value is -1.15. The molecule has 8 heteroatoms. The van der Waals surface area contributed by atoms with E-state index in [-0.39, 0.29) is 29.9 Å². The minimum atomic E-state index is -3.53. The van der Waals surface area contributed by atoms with Crippen LogP contribution in [0.3, 0.4) is 0 Å². The topological polar surface area (TPSA) is 101 Å². The quantitative estimate of drug-likeness (QED) is 0.689. The average Bonchev–Trinajstić information content (AvgIpc) is 2.85. The fraction of sp³-hybridized carbons (Fsp3) is 0.833. The highest BCUT2D eigenvalue weighted by atomic mass is 32.2. The van der Waals surface area contributed by atoms with E-state index < -0.39 is 10.0 Å². The summed E-state index contributed by atoms with van der Waals surface area (Å²) in [6, 6.07) is 0. The molecule has 7 nitrogen and oxygen atoms in total. The molecule has 0 aromatic rings. The Labute approximate surface area is 119 Å². The summed E-state index contributed by atoms with van der Waals surface area (Å²) in [6.45, 7) is 2.50. The lowest BCUT2D eigenvalue weighted by Crippen LogP contribution is -2.32. The summed E-state index contributed by atoms with van der Waals surface area (Å²) >= 11 is 0. The maximum atomic E-state index is 11.8. The molecule has 2 rings (SSSR count). The molecule has 0 saturated carbocycles. The molecule has 0 aromatic heterocycles. The number of nitrogens with two attached hydrogens (primary N) is 1. The van der Waals surface area contributed by atoms with Gasteiger partial charge in [-0.2, -0.15) is 0 Å². The van der Waals surface area contributed by atoms with Gasteiger partial charge >= 0.3 is 0 Å². The molecule has 0 aliphatic carbocycles. The number of rotatable bonds is 6. The third-order valence-corrected chi connectivity index (χ3v) is 4.73. The molecule has 0 spiro atoms. The summed E-state index contributed by atoms with van der Waals surface area (Å²) in [6.07, 6.45) is 2.52. The Balaban J connectivity index is 1.73. The smallest absolute Gasteiger partial charge is 0.222 e. The van der Waals surface area contributed by atoms with E-state index >= 15 is 0 Å². The Bertz CT molecular complexity index is 491. The fourth-order valence-electron chi connectivity index (χ4n) is 2.90. The third-order valence-electron chi connectivity index (χ3n) is 3.79. The third kappa shape index (κ3) is 4.17. The van der Waals surface area contributed by atoms with Gasteiger partial charge in [0.05, 0.1) is 5.75 Å². The van der Waals surface area contributed by atoms with Gasteiger partial charge in [-0.25, -0.2) is 13.6 Å². The zero-order valence-electron chi connectivity index (χ0n) is 11.5. The number of likely N-dealkylation sites (tertiary alicyclic amines) is 2. The molecule has 2 aliphatic rings. The lowest BCUT2D eigenvalue weighted by molar-refractivity contribution is -0.128. The number of nitrogens with zero attached hydrogens (tertiary/aromatic N) is 2. The van der Waals surface area contributed by atoms with Crippen molar-refractivity contribution < 1.29 is 18.0 Å². The van der Waals surface area contributed by atoms with Gasteiger partial charge in [0, 0.05) is 44.9 Å². The number of primary sulfonamides is 1. The van der Waals surface area contributed by atoms with E-state index in [9.17, 15) is 18.0 Å². The van der Waals surface area contributed by atoms with Crippen molar-refractivity contribution in [3.05, 3.63) is 0 Å². The number of hydrogen-bond acceptors (Lipinski definition) is 4. The minimum absolute atomic E-state index is 0.0219. The maximum absolute atomic E-state index is 11.8. The Morgan fingerprint density at radius 2 is 1.85 bits per heavy atom. The number of amides is 2. The van der Waals surface area contributed by atoms with Crippen molar-refractivity contribution in [3.8, 4) is 0 Å². The first kappa shape index (κ1) is 15.2.